The van der Waals surface area contributed by atoms with Gasteiger partial charge in [0, 0.05) is 98.6 Å². The minimum atomic E-state index is -1.85. The highest BCUT2D eigenvalue weighted by molar-refractivity contribution is 7.87. The predicted molar refractivity (Wildman–Crippen MR) is 585 cm³/mol. The number of carbonyl (C=O) groups is 7. The van der Waals surface area contributed by atoms with Crippen LogP contribution in [-0.2, 0) is 82.3 Å². The van der Waals surface area contributed by atoms with Crippen LogP contribution in [0.5, 0.6) is 0 Å². The number of hydrogen-bond acceptors (Lipinski definition) is 20. The van der Waals surface area contributed by atoms with Gasteiger partial charge < -0.3 is 84.5 Å². The van der Waals surface area contributed by atoms with E-state index in [1.165, 1.54) is 13.5 Å². The zero-order chi connectivity index (χ0) is 104. The first-order valence-corrected chi connectivity index (χ1v) is 55.0. The van der Waals surface area contributed by atoms with E-state index in [2.05, 4.69) is 60.7 Å². The van der Waals surface area contributed by atoms with Crippen molar-refractivity contribution >= 4 is 103 Å². The molecule has 5 aromatic heterocycles. The predicted octanol–water partition coefficient (Wildman–Crippen LogP) is 15.9. The van der Waals surface area contributed by atoms with Gasteiger partial charge in [0.05, 0.1) is 101 Å². The van der Waals surface area contributed by atoms with Gasteiger partial charge >= 0.3 is 5.97 Å². The maximum Gasteiger partial charge on any atom is 0.349 e. The Kier molecular flexibility index (Phi) is 43.6. The number of carbonyl (C=O) groups excluding carboxylic acids is 7. The molecule has 0 saturated carbocycles. The van der Waals surface area contributed by atoms with Gasteiger partial charge in [-0.2, -0.15) is 15.3 Å². The van der Waals surface area contributed by atoms with Crippen LogP contribution < -0.4 is 14.2 Å². The van der Waals surface area contributed by atoms with E-state index < -0.39 is 57.1 Å². The van der Waals surface area contributed by atoms with Gasteiger partial charge in [-0.25, -0.2) is 36.5 Å². The first-order chi connectivity index (χ1) is 71.3. The average Bonchev–Trinajstić information content (AvgIpc) is 1.51. The Morgan fingerprint density at radius 1 is 0.427 bits per heavy atom. The second-order valence-electron chi connectivity index (χ2n) is 37.0. The number of aliphatic hydroxyl groups excluding tert-OH is 3. The van der Waals surface area contributed by atoms with Crippen LogP contribution in [-0.4, -0.2) is 234 Å². The molecule has 6 amide bonds. The highest BCUT2D eigenvalue weighted by Gasteiger charge is 2.38. The van der Waals surface area contributed by atoms with Crippen molar-refractivity contribution in [1.29, 1.82) is 0 Å². The normalized spacial score (nSPS) is 14.4. The van der Waals surface area contributed by atoms with Crippen molar-refractivity contribution in [2.75, 3.05) is 80.4 Å². The lowest BCUT2D eigenvalue weighted by Gasteiger charge is -2.36. The SMILES string of the molecule is CCCCN(CCCC)C(=O)c1cc(C)n(-c2ccc(NS(=O)Cc3ccccc3)cc2C(=O)N2Cc3ccccc3C[C@H]2CO)n1.CCCCN(CCCC)C(=O)c1cc(C)n(-c2ccc(NS(=O)c3ccc(-c4cnco4)cc3)cc2C(=O)N2Cc3ccccc3C[C@H]2CO)n1.CCCCN(CCCC)C(=O)c1cc(C)n(-c2ccc(NS(=O)c3ccsc3C(=O)OC)cc2C(=O)N2Cc3ccccc3C[C@H]2CO)n1.O.O.O. The number of benzene rings is 8. The summed E-state index contributed by atoms with van der Waals surface area (Å²) in [6, 6.07) is 61.4. The van der Waals surface area contributed by atoms with Crippen LogP contribution >= 0.6 is 11.3 Å². The summed E-state index contributed by atoms with van der Waals surface area (Å²) in [5.41, 5.74) is 14.8. The number of aliphatic hydroxyl groups is 3. The number of esters is 1. The number of anilines is 3. The third kappa shape index (κ3) is 28.5. The first kappa shape index (κ1) is 116. The molecule has 3 unspecified atom stereocenters. The van der Waals surface area contributed by atoms with E-state index in [0.717, 1.165) is 133 Å². The molecule has 8 heterocycles. The number of unbranched alkanes of at least 4 members (excludes halogenated alkanes) is 6. The second-order valence-corrected chi connectivity index (χ2v) is 41.5. The summed E-state index contributed by atoms with van der Waals surface area (Å²) in [6.07, 6.45) is 15.8. The number of nitrogens with one attached hydrogen (secondary N) is 3. The number of aromatic nitrogens is 7. The molecule has 6 atom stereocenters. The number of hydrogen-bond donors (Lipinski definition) is 6. The van der Waals surface area contributed by atoms with E-state index >= 15 is 0 Å². The number of nitrogens with zero attached hydrogens (tertiary/aromatic N) is 13. The molecule has 798 valence electrons. The summed E-state index contributed by atoms with van der Waals surface area (Å²) in [5.74, 6) is -1.02. The summed E-state index contributed by atoms with van der Waals surface area (Å²) in [6.45, 7) is 22.5. The lowest BCUT2D eigenvalue weighted by atomic mass is 9.93. The summed E-state index contributed by atoms with van der Waals surface area (Å²) in [5, 5.41) is 47.1. The molecule has 13 aromatic rings. The Hall–Kier alpha value is -13.8. The summed E-state index contributed by atoms with van der Waals surface area (Å²) in [4.78, 5) is 113. The van der Waals surface area contributed by atoms with Crippen molar-refractivity contribution in [2.24, 2.45) is 0 Å². The van der Waals surface area contributed by atoms with Crippen molar-refractivity contribution in [3.05, 3.63) is 319 Å². The van der Waals surface area contributed by atoms with Crippen molar-refractivity contribution in [3.63, 3.8) is 0 Å². The molecular weight excluding hydrogens is 1990 g/mol. The number of amides is 6. The van der Waals surface area contributed by atoms with Gasteiger partial charge in [-0.3, -0.25) is 28.8 Å². The van der Waals surface area contributed by atoms with Crippen LogP contribution in [0.25, 0.3) is 28.4 Å². The highest BCUT2D eigenvalue weighted by atomic mass is 32.2. The van der Waals surface area contributed by atoms with E-state index in [1.807, 2.05) is 151 Å². The highest BCUT2D eigenvalue weighted by Crippen LogP contribution is 2.37. The van der Waals surface area contributed by atoms with E-state index in [-0.39, 0.29) is 87.0 Å². The molecule has 0 radical (unpaired) electrons. The lowest BCUT2D eigenvalue weighted by Crippen LogP contribution is -2.46. The zero-order valence-electron chi connectivity index (χ0n) is 86.6. The van der Waals surface area contributed by atoms with Crippen LogP contribution in [0.3, 0.4) is 0 Å². The quantitative estimate of drug-likeness (QED) is 0.0194. The fourth-order valence-electron chi connectivity index (χ4n) is 18.3. The van der Waals surface area contributed by atoms with Gasteiger partial charge in [-0.1, -0.05) is 183 Å². The van der Waals surface area contributed by atoms with E-state index in [0.29, 0.717) is 174 Å². The molecule has 150 heavy (non-hydrogen) atoms. The number of oxazole rings is 1. The molecule has 0 aliphatic carbocycles. The number of methoxy groups -OCH3 is 1. The fourth-order valence-corrected chi connectivity index (χ4v) is 22.2. The molecule has 3 aliphatic rings. The molecular formula is C112H138N16O18S4. The van der Waals surface area contributed by atoms with Crippen molar-refractivity contribution < 1.29 is 87.1 Å². The summed E-state index contributed by atoms with van der Waals surface area (Å²) < 4.78 is 64.2. The largest absolute Gasteiger partial charge is 0.465 e. The Labute approximate surface area is 887 Å². The third-order valence-corrected chi connectivity index (χ3v) is 30.9. The monoisotopic (exact) mass is 2120 g/mol. The lowest BCUT2D eigenvalue weighted by molar-refractivity contribution is 0.0539. The number of fused-ring (bicyclic) bond motifs is 3. The van der Waals surface area contributed by atoms with E-state index in [1.54, 1.807) is 131 Å². The molecule has 12 N–H and O–H groups in total. The average molecular weight is 2120 g/mol. The van der Waals surface area contributed by atoms with E-state index in [9.17, 15) is 61.5 Å². The maximum atomic E-state index is 14.6. The number of aryl methyl sites for hydroxylation is 3. The molecule has 38 heteroatoms. The molecule has 0 spiro atoms. The Balaban J connectivity index is 0.000000211. The van der Waals surface area contributed by atoms with Crippen molar-refractivity contribution in [2.45, 2.75) is 212 Å². The fraction of sp³-hybridized carbons (Fsp3) is 0.366. The van der Waals surface area contributed by atoms with Gasteiger partial charge in [0.25, 0.3) is 35.4 Å². The minimum Gasteiger partial charge on any atom is -0.465 e. The van der Waals surface area contributed by atoms with Gasteiger partial charge in [0.15, 0.2) is 40.2 Å². The molecule has 0 bridgehead atoms. The topological polar surface area (TPSA) is 470 Å². The molecule has 0 saturated heterocycles. The minimum absolute atomic E-state index is 0. The smallest absolute Gasteiger partial charge is 0.349 e. The van der Waals surface area contributed by atoms with Gasteiger partial charge in [0.2, 0.25) is 0 Å². The molecule has 3 aliphatic heterocycles. The van der Waals surface area contributed by atoms with Gasteiger partial charge in [0.1, 0.15) is 26.8 Å². The Morgan fingerprint density at radius 2 is 0.767 bits per heavy atom. The van der Waals surface area contributed by atoms with Gasteiger partial charge in [-0.05, 0) is 226 Å². The van der Waals surface area contributed by atoms with Crippen molar-refractivity contribution in [1.82, 2.24) is 63.7 Å². The van der Waals surface area contributed by atoms with Crippen LogP contribution in [0.4, 0.5) is 17.1 Å². The van der Waals surface area contributed by atoms with Crippen LogP contribution in [0.1, 0.15) is 247 Å². The first-order valence-electron chi connectivity index (χ1n) is 50.5. The Bertz CT molecular complexity index is 6790. The summed E-state index contributed by atoms with van der Waals surface area (Å²) in [7, 11) is -3.68. The maximum absolute atomic E-state index is 14.6. The number of rotatable bonds is 42. The molecule has 16 rings (SSSR count). The van der Waals surface area contributed by atoms with Crippen LogP contribution in [0.2, 0.25) is 0 Å². The molecule has 34 nitrogen and oxygen atoms in total. The third-order valence-electron chi connectivity index (χ3n) is 26.5. The molecule has 0 fully saturated rings. The second kappa shape index (κ2) is 56.2. The van der Waals surface area contributed by atoms with Gasteiger partial charge in [-0.15, -0.1) is 11.3 Å². The molecule has 8 aromatic carbocycles. The number of thiophene rings is 1. The zero-order valence-corrected chi connectivity index (χ0v) is 89.8. The standard InChI is InChI=1S/C39H44N6O5S.C37H45N5O4S.C36H43N5O6S2.3H2O/c1-4-6-18-43(19-7-5-2)39(48)35-20-27(3)45(41-35)36-17-14-31(42-51(49)33-15-12-28(13-16-33)37-23-40-26-50-37)22-34(36)38(47)44-24-30-11-9-8-10-29(30)21-32(44)25-46;1-4-6-19-40(20-7-5-2)37(45)34-21-27(3)42(38-34)35-18-17-31(39-47(46)26-28-13-9-8-10-14-28)23-33(35)36(44)41-24-30-16-12-11-15-29(30)22-32(41)25-43;1-5-7-16-39(17-8-6-2)35(44)30-19-24(3)41(37-30)31-14-13-27(38-49(46)32-15-18-48-33(32)36(45)47-4)21-29(31)34(43)40-22-26-12-10-9-11-25(26)20-28(40)23-42;;;/h8-17,20,22-23,26,32,42,46H,4-7,18-19,21,24-25H2,1-3H3;8-18,21,23,32,39,43H,4-7,19-20,22,24-26H2,1-3H3;9-15,18-19,21,28,38,42H,5-8,16-17,20,22-23H2,1-4H3;3*1H2/t32-,51?;32-,47?;28-,49?;;;/m000.../s1. The van der Waals surface area contributed by atoms with Crippen LogP contribution in [0.15, 0.2) is 238 Å². The van der Waals surface area contributed by atoms with E-state index in [4.69, 9.17) is 24.5 Å². The number of ether oxygens (including phenoxy) is 1. The van der Waals surface area contributed by atoms with Crippen molar-refractivity contribution in [3.8, 4) is 28.4 Å². The Morgan fingerprint density at radius 3 is 1.10 bits per heavy atom. The van der Waals surface area contributed by atoms with Crippen LogP contribution in [0, 0.1) is 20.8 Å². The summed E-state index contributed by atoms with van der Waals surface area (Å²) >= 11 is 1.13.